The van der Waals surface area contributed by atoms with Crippen LogP contribution in [0.1, 0.15) is 21.6 Å². The second-order valence-electron chi connectivity index (χ2n) is 5.89. The van der Waals surface area contributed by atoms with Crippen molar-refractivity contribution in [1.82, 2.24) is 9.97 Å². The number of aromatic nitrogens is 2. The third-order valence-electron chi connectivity index (χ3n) is 3.80. The summed E-state index contributed by atoms with van der Waals surface area (Å²) in [7, 11) is 0. The Labute approximate surface area is 152 Å². The van der Waals surface area contributed by atoms with Crippen LogP contribution < -0.4 is 10.6 Å². The highest BCUT2D eigenvalue weighted by Gasteiger charge is 2.05. The maximum atomic E-state index is 10.9. The molecule has 132 valence electrons. The lowest BCUT2D eigenvalue weighted by atomic mass is 10.1. The summed E-state index contributed by atoms with van der Waals surface area (Å²) in [4.78, 5) is 19.8. The van der Waals surface area contributed by atoms with E-state index in [1.165, 1.54) is 5.56 Å². The van der Waals surface area contributed by atoms with Crippen LogP contribution in [0.3, 0.4) is 0 Å². The first-order chi connectivity index (χ1) is 12.6. The number of carboxylic acids is 1. The smallest absolute Gasteiger partial charge is 0.335 e. The van der Waals surface area contributed by atoms with Crippen molar-refractivity contribution >= 4 is 23.4 Å². The molecule has 0 spiro atoms. The van der Waals surface area contributed by atoms with Gasteiger partial charge >= 0.3 is 5.97 Å². The molecule has 0 radical (unpaired) electrons. The van der Waals surface area contributed by atoms with Crippen LogP contribution in [0.25, 0.3) is 0 Å². The molecule has 6 heteroatoms. The number of nitrogens with one attached hydrogen (secondary N) is 2. The van der Waals surface area contributed by atoms with Crippen LogP contribution in [0.5, 0.6) is 0 Å². The quantitative estimate of drug-likeness (QED) is 0.601. The van der Waals surface area contributed by atoms with E-state index in [-0.39, 0.29) is 5.56 Å². The second kappa shape index (κ2) is 8.11. The van der Waals surface area contributed by atoms with Crippen molar-refractivity contribution in [2.75, 3.05) is 17.2 Å². The van der Waals surface area contributed by atoms with E-state index in [0.717, 1.165) is 24.3 Å². The van der Waals surface area contributed by atoms with Crippen LogP contribution in [-0.2, 0) is 6.42 Å². The summed E-state index contributed by atoms with van der Waals surface area (Å²) >= 11 is 0. The fraction of sp³-hybridized carbons (Fsp3) is 0.150. The topological polar surface area (TPSA) is 87.1 Å². The van der Waals surface area contributed by atoms with Crippen molar-refractivity contribution in [3.05, 3.63) is 77.5 Å². The van der Waals surface area contributed by atoms with Gasteiger partial charge in [0.2, 0.25) is 5.95 Å². The molecule has 0 bridgehead atoms. The van der Waals surface area contributed by atoms with Gasteiger partial charge in [0.25, 0.3) is 0 Å². The van der Waals surface area contributed by atoms with E-state index in [1.54, 1.807) is 24.3 Å². The van der Waals surface area contributed by atoms with Crippen LogP contribution in [-0.4, -0.2) is 27.6 Å². The summed E-state index contributed by atoms with van der Waals surface area (Å²) in [5.41, 5.74) is 3.11. The summed E-state index contributed by atoms with van der Waals surface area (Å²) in [5, 5.41) is 15.4. The molecule has 1 heterocycles. The monoisotopic (exact) mass is 348 g/mol. The third kappa shape index (κ3) is 4.80. The van der Waals surface area contributed by atoms with Gasteiger partial charge < -0.3 is 15.7 Å². The zero-order chi connectivity index (χ0) is 18.4. The van der Waals surface area contributed by atoms with E-state index >= 15 is 0 Å². The van der Waals surface area contributed by atoms with Gasteiger partial charge in [-0.3, -0.25) is 0 Å². The zero-order valence-electron chi connectivity index (χ0n) is 14.4. The van der Waals surface area contributed by atoms with E-state index in [1.807, 2.05) is 31.2 Å². The van der Waals surface area contributed by atoms with Gasteiger partial charge in [-0.05, 0) is 43.2 Å². The molecule has 0 aliphatic carbocycles. The molecular weight excluding hydrogens is 328 g/mol. The number of aromatic carboxylic acids is 1. The number of hydrogen-bond acceptors (Lipinski definition) is 5. The molecule has 0 saturated heterocycles. The highest BCUT2D eigenvalue weighted by atomic mass is 16.4. The molecule has 0 aliphatic heterocycles. The summed E-state index contributed by atoms with van der Waals surface area (Å²) in [6.07, 6.45) is 0.886. The van der Waals surface area contributed by atoms with E-state index in [0.29, 0.717) is 11.8 Å². The molecular formula is C20H20N4O2. The molecule has 3 N–H and O–H groups in total. The minimum atomic E-state index is -0.945. The van der Waals surface area contributed by atoms with Gasteiger partial charge in [0, 0.05) is 24.0 Å². The SMILES string of the molecule is Cc1cc(Nc2ccc(C(=O)O)cc2)nc(NCCc2ccccc2)n1. The van der Waals surface area contributed by atoms with Crippen molar-refractivity contribution in [2.24, 2.45) is 0 Å². The Balaban J connectivity index is 1.64. The number of benzene rings is 2. The lowest BCUT2D eigenvalue weighted by Gasteiger charge is -2.10. The number of aryl methyl sites for hydroxylation is 1. The maximum Gasteiger partial charge on any atom is 0.335 e. The fourth-order valence-electron chi connectivity index (χ4n) is 2.52. The minimum absolute atomic E-state index is 0.248. The molecule has 0 unspecified atom stereocenters. The van der Waals surface area contributed by atoms with Gasteiger partial charge in [0.15, 0.2) is 0 Å². The molecule has 0 amide bonds. The van der Waals surface area contributed by atoms with Gasteiger partial charge in [0.05, 0.1) is 5.56 Å². The number of hydrogen-bond donors (Lipinski definition) is 3. The molecule has 0 aliphatic rings. The molecule has 26 heavy (non-hydrogen) atoms. The highest BCUT2D eigenvalue weighted by Crippen LogP contribution is 2.17. The van der Waals surface area contributed by atoms with E-state index < -0.39 is 5.97 Å². The number of rotatable bonds is 7. The van der Waals surface area contributed by atoms with Crippen molar-refractivity contribution in [2.45, 2.75) is 13.3 Å². The lowest BCUT2D eigenvalue weighted by Crippen LogP contribution is -2.09. The minimum Gasteiger partial charge on any atom is -0.478 e. The highest BCUT2D eigenvalue weighted by molar-refractivity contribution is 5.88. The second-order valence-corrected chi connectivity index (χ2v) is 5.89. The Kier molecular flexibility index (Phi) is 5.43. The third-order valence-corrected chi connectivity index (χ3v) is 3.80. The van der Waals surface area contributed by atoms with Crippen LogP contribution in [0.2, 0.25) is 0 Å². The first-order valence-corrected chi connectivity index (χ1v) is 8.34. The Hall–Kier alpha value is -3.41. The van der Waals surface area contributed by atoms with Crippen LogP contribution in [0.15, 0.2) is 60.7 Å². The van der Waals surface area contributed by atoms with Gasteiger partial charge in [-0.1, -0.05) is 30.3 Å². The van der Waals surface area contributed by atoms with Gasteiger partial charge in [-0.25, -0.2) is 9.78 Å². The number of carbonyl (C=O) groups is 1. The van der Waals surface area contributed by atoms with Crippen LogP contribution in [0.4, 0.5) is 17.5 Å². The van der Waals surface area contributed by atoms with Crippen molar-refractivity contribution in [1.29, 1.82) is 0 Å². The first-order valence-electron chi connectivity index (χ1n) is 8.34. The largest absolute Gasteiger partial charge is 0.478 e. The molecule has 0 saturated carbocycles. The zero-order valence-corrected chi connectivity index (χ0v) is 14.4. The first kappa shape index (κ1) is 17.4. The summed E-state index contributed by atoms with van der Waals surface area (Å²) in [6.45, 7) is 2.64. The molecule has 6 nitrogen and oxygen atoms in total. The summed E-state index contributed by atoms with van der Waals surface area (Å²) in [5.74, 6) is 0.271. The number of anilines is 3. The summed E-state index contributed by atoms with van der Waals surface area (Å²) < 4.78 is 0. The Morgan fingerprint density at radius 2 is 1.77 bits per heavy atom. The van der Waals surface area contributed by atoms with E-state index in [4.69, 9.17) is 5.11 Å². The lowest BCUT2D eigenvalue weighted by molar-refractivity contribution is 0.0697. The van der Waals surface area contributed by atoms with Gasteiger partial charge in [0.1, 0.15) is 5.82 Å². The molecule has 0 fully saturated rings. The van der Waals surface area contributed by atoms with Crippen molar-refractivity contribution in [3.63, 3.8) is 0 Å². The molecule has 3 aromatic rings. The maximum absolute atomic E-state index is 10.9. The van der Waals surface area contributed by atoms with Gasteiger partial charge in [-0.2, -0.15) is 4.98 Å². The van der Waals surface area contributed by atoms with Crippen LogP contribution in [0, 0.1) is 6.92 Å². The molecule has 1 aromatic heterocycles. The fourth-order valence-corrected chi connectivity index (χ4v) is 2.52. The van der Waals surface area contributed by atoms with Crippen LogP contribution >= 0.6 is 0 Å². The Morgan fingerprint density at radius 3 is 2.46 bits per heavy atom. The number of carboxylic acid groups (broad SMARTS) is 1. The normalized spacial score (nSPS) is 10.3. The van der Waals surface area contributed by atoms with Gasteiger partial charge in [-0.15, -0.1) is 0 Å². The average molecular weight is 348 g/mol. The predicted molar refractivity (Wildman–Crippen MR) is 102 cm³/mol. The average Bonchev–Trinajstić information content (AvgIpc) is 2.62. The van der Waals surface area contributed by atoms with Crippen molar-refractivity contribution < 1.29 is 9.90 Å². The predicted octanol–water partition coefficient (Wildman–Crippen LogP) is 3.88. The van der Waals surface area contributed by atoms with E-state index in [2.05, 4.69) is 32.7 Å². The standard InChI is InChI=1S/C20H20N4O2/c1-14-13-18(23-17-9-7-16(8-10-17)19(25)26)24-20(22-14)21-12-11-15-5-3-2-4-6-15/h2-10,13H,11-12H2,1H3,(H,25,26)(H2,21,22,23,24). The summed E-state index contributed by atoms with van der Waals surface area (Å²) in [6, 6.07) is 18.6. The molecule has 2 aromatic carbocycles. The number of nitrogens with zero attached hydrogens (tertiary/aromatic N) is 2. The van der Waals surface area contributed by atoms with Crippen molar-refractivity contribution in [3.8, 4) is 0 Å². The van der Waals surface area contributed by atoms with E-state index in [9.17, 15) is 4.79 Å². The Morgan fingerprint density at radius 1 is 1.04 bits per heavy atom. The molecule has 3 rings (SSSR count). The Bertz CT molecular complexity index is 880. The molecule has 0 atom stereocenters.